The van der Waals surface area contributed by atoms with Crippen LogP contribution in [-0.4, -0.2) is 28.0 Å². The zero-order valence-electron chi connectivity index (χ0n) is 6.96. The molecule has 3 nitrogen and oxygen atoms in total. The van der Waals surface area contributed by atoms with Gasteiger partial charge in [-0.25, -0.2) is 0 Å². The van der Waals surface area contributed by atoms with Crippen molar-refractivity contribution in [2.24, 2.45) is 0 Å². The van der Waals surface area contributed by atoms with Gasteiger partial charge in [-0.15, -0.1) is 12.6 Å². The van der Waals surface area contributed by atoms with Gasteiger partial charge in [-0.2, -0.15) is 0 Å². The molecule has 4 heteroatoms. The fraction of sp³-hybridized carbons (Fsp3) is 0.333. The number of thiol groups is 1. The Hall–Kier alpha value is -0.550. The Morgan fingerprint density at radius 2 is 1.85 bits per heavy atom. The van der Waals surface area contributed by atoms with Crippen molar-refractivity contribution >= 4 is 12.6 Å². The van der Waals surface area contributed by atoms with E-state index in [0.29, 0.717) is 10.5 Å². The number of hydrogen-bond donors (Lipinski definition) is 4. The topological polar surface area (TPSA) is 60.7 Å². The Labute approximate surface area is 82.1 Å². The summed E-state index contributed by atoms with van der Waals surface area (Å²) in [6.45, 7) is -0.469. The van der Waals surface area contributed by atoms with Crippen molar-refractivity contribution in [2.45, 2.75) is 17.1 Å². The van der Waals surface area contributed by atoms with Crippen LogP contribution in [0.15, 0.2) is 29.2 Å². The highest BCUT2D eigenvalue weighted by Gasteiger charge is 2.18. The van der Waals surface area contributed by atoms with E-state index in [-0.39, 0.29) is 0 Å². The maximum Gasteiger partial charge on any atom is 0.108 e. The smallest absolute Gasteiger partial charge is 0.108 e. The van der Waals surface area contributed by atoms with Crippen molar-refractivity contribution in [1.29, 1.82) is 0 Å². The Balaban J connectivity index is 2.88. The molecule has 0 spiro atoms. The highest BCUT2D eigenvalue weighted by molar-refractivity contribution is 7.80. The van der Waals surface area contributed by atoms with E-state index in [1.54, 1.807) is 24.3 Å². The molecule has 0 aliphatic rings. The summed E-state index contributed by atoms with van der Waals surface area (Å²) in [4.78, 5) is 0.600. The lowest BCUT2D eigenvalue weighted by molar-refractivity contribution is -0.0164. The van der Waals surface area contributed by atoms with Crippen molar-refractivity contribution in [2.75, 3.05) is 6.61 Å². The second-order valence-electron chi connectivity index (χ2n) is 2.75. The van der Waals surface area contributed by atoms with Gasteiger partial charge in [0.05, 0.1) is 6.61 Å². The number of aliphatic hydroxyl groups is 3. The normalized spacial score (nSPS) is 15.4. The molecule has 0 aliphatic carbocycles. The molecular formula is C9H12O3S. The Kier molecular flexibility index (Phi) is 3.74. The maximum absolute atomic E-state index is 9.51. The van der Waals surface area contributed by atoms with Gasteiger partial charge in [-0.1, -0.05) is 18.2 Å². The van der Waals surface area contributed by atoms with E-state index in [1.165, 1.54) is 0 Å². The van der Waals surface area contributed by atoms with Gasteiger partial charge in [0.15, 0.2) is 0 Å². The van der Waals surface area contributed by atoms with Crippen molar-refractivity contribution in [3.63, 3.8) is 0 Å². The van der Waals surface area contributed by atoms with Gasteiger partial charge < -0.3 is 15.3 Å². The van der Waals surface area contributed by atoms with Crippen LogP contribution in [-0.2, 0) is 0 Å². The van der Waals surface area contributed by atoms with E-state index in [0.717, 1.165) is 0 Å². The molecule has 2 unspecified atom stereocenters. The third-order valence-electron chi connectivity index (χ3n) is 1.81. The molecule has 0 aromatic heterocycles. The van der Waals surface area contributed by atoms with E-state index in [4.69, 9.17) is 5.11 Å². The Morgan fingerprint density at radius 3 is 2.38 bits per heavy atom. The van der Waals surface area contributed by atoms with Crippen LogP contribution in [0.5, 0.6) is 0 Å². The van der Waals surface area contributed by atoms with Crippen molar-refractivity contribution in [3.05, 3.63) is 29.8 Å². The van der Waals surface area contributed by atoms with Gasteiger partial charge in [-0.05, 0) is 11.6 Å². The van der Waals surface area contributed by atoms with E-state index in [1.807, 2.05) is 0 Å². The number of hydrogen-bond acceptors (Lipinski definition) is 4. The average Bonchev–Trinajstić information content (AvgIpc) is 2.16. The molecule has 13 heavy (non-hydrogen) atoms. The summed E-state index contributed by atoms with van der Waals surface area (Å²) in [5.41, 5.74) is 0.521. The molecule has 0 bridgehead atoms. The predicted molar refractivity (Wildman–Crippen MR) is 51.7 cm³/mol. The average molecular weight is 200 g/mol. The quantitative estimate of drug-likeness (QED) is 0.533. The third kappa shape index (κ3) is 2.45. The molecular weight excluding hydrogens is 188 g/mol. The minimum Gasteiger partial charge on any atom is -0.394 e. The van der Waals surface area contributed by atoms with E-state index < -0.39 is 18.8 Å². The minimum absolute atomic E-state index is 0.469. The molecule has 0 amide bonds. The fourth-order valence-corrected chi connectivity index (χ4v) is 1.34. The molecule has 72 valence electrons. The SMILES string of the molecule is OCC(O)C(O)c1ccccc1S. The van der Waals surface area contributed by atoms with Gasteiger partial charge in [0, 0.05) is 4.90 Å². The van der Waals surface area contributed by atoms with Crippen LogP contribution in [0, 0.1) is 0 Å². The third-order valence-corrected chi connectivity index (χ3v) is 2.21. The first-order valence-electron chi connectivity index (χ1n) is 3.91. The summed E-state index contributed by atoms with van der Waals surface area (Å²) in [7, 11) is 0. The van der Waals surface area contributed by atoms with Crippen LogP contribution in [0.1, 0.15) is 11.7 Å². The highest BCUT2D eigenvalue weighted by Crippen LogP contribution is 2.23. The van der Waals surface area contributed by atoms with Crippen LogP contribution >= 0.6 is 12.6 Å². The summed E-state index contributed by atoms with van der Waals surface area (Å²) in [5, 5.41) is 27.3. The molecule has 0 fully saturated rings. The number of rotatable bonds is 3. The Morgan fingerprint density at radius 1 is 1.23 bits per heavy atom. The summed E-state index contributed by atoms with van der Waals surface area (Å²) in [6, 6.07) is 6.89. The van der Waals surface area contributed by atoms with Gasteiger partial charge >= 0.3 is 0 Å². The zero-order chi connectivity index (χ0) is 9.84. The lowest BCUT2D eigenvalue weighted by Gasteiger charge is -2.17. The molecule has 0 saturated carbocycles. The first kappa shape index (κ1) is 10.5. The molecule has 0 radical (unpaired) electrons. The second-order valence-corrected chi connectivity index (χ2v) is 3.24. The Bertz CT molecular complexity index is 277. The molecule has 0 heterocycles. The molecule has 2 atom stereocenters. The molecule has 3 N–H and O–H groups in total. The highest BCUT2D eigenvalue weighted by atomic mass is 32.1. The maximum atomic E-state index is 9.51. The lowest BCUT2D eigenvalue weighted by atomic mass is 10.1. The molecule has 1 aromatic carbocycles. The van der Waals surface area contributed by atoms with Crippen LogP contribution in [0.2, 0.25) is 0 Å². The predicted octanol–water partition coefficient (Wildman–Crippen LogP) is 0.362. The number of aliphatic hydroxyl groups excluding tert-OH is 3. The number of benzene rings is 1. The lowest BCUT2D eigenvalue weighted by Crippen LogP contribution is -2.22. The van der Waals surface area contributed by atoms with Gasteiger partial charge in [0.25, 0.3) is 0 Å². The van der Waals surface area contributed by atoms with Gasteiger partial charge in [0.1, 0.15) is 12.2 Å². The summed E-state index contributed by atoms with van der Waals surface area (Å²) >= 11 is 4.12. The van der Waals surface area contributed by atoms with Crippen LogP contribution in [0.3, 0.4) is 0 Å². The summed E-state index contributed by atoms with van der Waals surface area (Å²) < 4.78 is 0. The van der Waals surface area contributed by atoms with Crippen molar-refractivity contribution < 1.29 is 15.3 Å². The van der Waals surface area contributed by atoms with Gasteiger partial charge in [-0.3, -0.25) is 0 Å². The van der Waals surface area contributed by atoms with E-state index >= 15 is 0 Å². The second kappa shape index (κ2) is 4.62. The zero-order valence-corrected chi connectivity index (χ0v) is 7.85. The standard InChI is InChI=1S/C9H12O3S/c10-5-7(11)9(12)6-3-1-2-4-8(6)13/h1-4,7,9-13H,5H2. The molecule has 1 aromatic rings. The van der Waals surface area contributed by atoms with Crippen LogP contribution in [0.25, 0.3) is 0 Å². The van der Waals surface area contributed by atoms with Crippen LogP contribution < -0.4 is 0 Å². The monoisotopic (exact) mass is 200 g/mol. The van der Waals surface area contributed by atoms with Crippen molar-refractivity contribution in [1.82, 2.24) is 0 Å². The summed E-state index contributed by atoms with van der Waals surface area (Å²) in [6.07, 6.45) is -2.24. The summed E-state index contributed by atoms with van der Waals surface area (Å²) in [5.74, 6) is 0. The molecule has 0 aliphatic heterocycles. The molecule has 1 rings (SSSR count). The first-order chi connectivity index (χ1) is 6.16. The largest absolute Gasteiger partial charge is 0.394 e. The van der Waals surface area contributed by atoms with Gasteiger partial charge in [0.2, 0.25) is 0 Å². The molecule has 0 saturated heterocycles. The van der Waals surface area contributed by atoms with E-state index in [2.05, 4.69) is 12.6 Å². The van der Waals surface area contributed by atoms with Crippen LogP contribution in [0.4, 0.5) is 0 Å². The minimum atomic E-state index is -1.16. The first-order valence-corrected chi connectivity index (χ1v) is 4.36. The van der Waals surface area contributed by atoms with E-state index in [9.17, 15) is 10.2 Å². The van der Waals surface area contributed by atoms with Crippen molar-refractivity contribution in [3.8, 4) is 0 Å². The fourth-order valence-electron chi connectivity index (χ4n) is 1.04.